The van der Waals surface area contributed by atoms with Crippen molar-refractivity contribution in [3.8, 4) is 12.1 Å². The van der Waals surface area contributed by atoms with Crippen molar-refractivity contribution < 1.29 is 0 Å². The van der Waals surface area contributed by atoms with E-state index in [1.165, 1.54) is 6.33 Å². The number of aromatic nitrogens is 2. The van der Waals surface area contributed by atoms with Crippen LogP contribution in [0.3, 0.4) is 0 Å². The van der Waals surface area contributed by atoms with Crippen LogP contribution in [0.4, 0.5) is 0 Å². The van der Waals surface area contributed by atoms with Crippen molar-refractivity contribution in [1.29, 1.82) is 10.5 Å². The Balaban J connectivity index is 3.09. The molecule has 0 aliphatic carbocycles. The Morgan fingerprint density at radius 2 is 2.25 bits per heavy atom. The predicted molar refractivity (Wildman–Crippen MR) is 40.7 cm³/mol. The van der Waals surface area contributed by atoms with Gasteiger partial charge in [0.25, 0.3) is 0 Å². The van der Waals surface area contributed by atoms with Crippen LogP contribution in [0.2, 0.25) is 0 Å². The van der Waals surface area contributed by atoms with Crippen LogP contribution in [0.15, 0.2) is 6.33 Å². The largest absolute Gasteiger partial charge is 0.329 e. The molecule has 12 heavy (non-hydrogen) atoms. The van der Waals surface area contributed by atoms with Gasteiger partial charge in [-0.2, -0.15) is 10.5 Å². The van der Waals surface area contributed by atoms with Gasteiger partial charge in [0, 0.05) is 13.1 Å². The maximum Gasteiger partial charge on any atom is 0.176 e. The highest BCUT2D eigenvalue weighted by atomic mass is 15.1. The van der Waals surface area contributed by atoms with Crippen molar-refractivity contribution in [3.63, 3.8) is 0 Å². The summed E-state index contributed by atoms with van der Waals surface area (Å²) < 4.78 is 1.57. The number of imidazole rings is 1. The van der Waals surface area contributed by atoms with Crippen molar-refractivity contribution >= 4 is 0 Å². The summed E-state index contributed by atoms with van der Waals surface area (Å²) >= 11 is 0. The lowest BCUT2D eigenvalue weighted by Crippen LogP contribution is -2.10. The van der Waals surface area contributed by atoms with E-state index in [4.69, 9.17) is 16.3 Å². The third-order valence-corrected chi connectivity index (χ3v) is 1.42. The minimum atomic E-state index is 0.158. The molecule has 0 aliphatic heterocycles. The highest BCUT2D eigenvalue weighted by Crippen LogP contribution is 2.03. The van der Waals surface area contributed by atoms with Gasteiger partial charge >= 0.3 is 0 Å². The molecule has 1 aromatic heterocycles. The molecule has 0 saturated carbocycles. The molecule has 0 aromatic carbocycles. The summed E-state index contributed by atoms with van der Waals surface area (Å²) in [6.45, 7) is 0.938. The minimum absolute atomic E-state index is 0.158. The number of nitrogens with zero attached hydrogens (tertiary/aromatic N) is 4. The van der Waals surface area contributed by atoms with Crippen molar-refractivity contribution in [2.45, 2.75) is 6.54 Å². The summed E-state index contributed by atoms with van der Waals surface area (Å²) in [5.41, 5.74) is 5.73. The second-order valence-corrected chi connectivity index (χ2v) is 2.15. The molecule has 1 heterocycles. The second-order valence-electron chi connectivity index (χ2n) is 2.15. The zero-order valence-electron chi connectivity index (χ0n) is 6.36. The zero-order chi connectivity index (χ0) is 8.97. The van der Waals surface area contributed by atoms with Gasteiger partial charge in [-0.3, -0.25) is 0 Å². The van der Waals surface area contributed by atoms with Crippen LogP contribution in [0.25, 0.3) is 0 Å². The summed E-state index contributed by atoms with van der Waals surface area (Å²) in [6.07, 6.45) is 1.45. The quantitative estimate of drug-likeness (QED) is 0.637. The first-order valence-electron chi connectivity index (χ1n) is 3.39. The SMILES string of the molecule is N#Cc1ncn(CCN)c1C#N. The Kier molecular flexibility index (Phi) is 2.42. The monoisotopic (exact) mass is 161 g/mol. The second kappa shape index (κ2) is 3.51. The van der Waals surface area contributed by atoms with E-state index in [0.717, 1.165) is 0 Å². The van der Waals surface area contributed by atoms with Crippen LogP contribution >= 0.6 is 0 Å². The molecule has 0 aliphatic rings. The van der Waals surface area contributed by atoms with Crippen LogP contribution < -0.4 is 5.73 Å². The molecule has 0 spiro atoms. The minimum Gasteiger partial charge on any atom is -0.329 e. The van der Waals surface area contributed by atoms with E-state index >= 15 is 0 Å². The van der Waals surface area contributed by atoms with Crippen molar-refractivity contribution in [3.05, 3.63) is 17.7 Å². The van der Waals surface area contributed by atoms with E-state index in [1.807, 2.05) is 12.1 Å². The van der Waals surface area contributed by atoms with Crippen LogP contribution in [0, 0.1) is 22.7 Å². The Bertz CT molecular complexity index is 351. The molecule has 0 saturated heterocycles. The van der Waals surface area contributed by atoms with Gasteiger partial charge in [-0.25, -0.2) is 4.98 Å². The molecule has 1 aromatic rings. The fraction of sp³-hybridized carbons (Fsp3) is 0.286. The van der Waals surface area contributed by atoms with Gasteiger partial charge in [0.1, 0.15) is 12.1 Å². The molecule has 0 atom stereocenters. The van der Waals surface area contributed by atoms with Crippen LogP contribution in [0.5, 0.6) is 0 Å². The first-order chi connectivity index (χ1) is 5.83. The standard InChI is InChI=1S/C7H7N5/c8-1-2-12-5-11-6(3-9)7(12)4-10/h5H,1-2,8H2. The maximum atomic E-state index is 8.64. The third-order valence-electron chi connectivity index (χ3n) is 1.42. The topological polar surface area (TPSA) is 91.4 Å². The molecule has 60 valence electrons. The number of nitriles is 2. The van der Waals surface area contributed by atoms with Gasteiger partial charge in [-0.05, 0) is 0 Å². The van der Waals surface area contributed by atoms with Crippen molar-refractivity contribution in [1.82, 2.24) is 9.55 Å². The van der Waals surface area contributed by atoms with Crippen LogP contribution in [-0.4, -0.2) is 16.1 Å². The van der Waals surface area contributed by atoms with Crippen molar-refractivity contribution in [2.24, 2.45) is 5.73 Å². The summed E-state index contributed by atoms with van der Waals surface area (Å²) in [5.74, 6) is 0. The molecule has 0 radical (unpaired) electrons. The van der Waals surface area contributed by atoms with Crippen molar-refractivity contribution in [2.75, 3.05) is 6.54 Å². The first-order valence-corrected chi connectivity index (χ1v) is 3.39. The molecule has 5 heteroatoms. The van der Waals surface area contributed by atoms with E-state index in [-0.39, 0.29) is 11.4 Å². The number of rotatable bonds is 2. The number of hydrogen-bond donors (Lipinski definition) is 1. The van der Waals surface area contributed by atoms with Gasteiger partial charge in [0.15, 0.2) is 11.4 Å². The van der Waals surface area contributed by atoms with Gasteiger partial charge < -0.3 is 10.3 Å². The summed E-state index contributed by atoms with van der Waals surface area (Å²) in [6, 6.07) is 3.73. The average molecular weight is 161 g/mol. The highest BCUT2D eigenvalue weighted by molar-refractivity contribution is 5.35. The zero-order valence-corrected chi connectivity index (χ0v) is 6.36. The molecular formula is C7H7N5. The Hall–Kier alpha value is -1.85. The predicted octanol–water partition coefficient (Wildman–Crippen LogP) is -0.415. The molecule has 0 amide bonds. The fourth-order valence-electron chi connectivity index (χ4n) is 0.890. The molecule has 0 bridgehead atoms. The Morgan fingerprint density at radius 3 is 2.75 bits per heavy atom. The van der Waals surface area contributed by atoms with Crippen LogP contribution in [-0.2, 0) is 6.54 Å². The van der Waals surface area contributed by atoms with E-state index in [0.29, 0.717) is 13.1 Å². The normalized spacial score (nSPS) is 8.92. The molecule has 1 rings (SSSR count). The van der Waals surface area contributed by atoms with E-state index < -0.39 is 0 Å². The number of nitrogens with two attached hydrogens (primary N) is 1. The highest BCUT2D eigenvalue weighted by Gasteiger charge is 2.07. The lowest BCUT2D eigenvalue weighted by Gasteiger charge is -1.97. The Labute approximate surface area is 69.7 Å². The maximum absolute atomic E-state index is 8.64. The van der Waals surface area contributed by atoms with E-state index in [2.05, 4.69) is 4.98 Å². The van der Waals surface area contributed by atoms with Crippen LogP contribution in [0.1, 0.15) is 11.4 Å². The summed E-state index contributed by atoms with van der Waals surface area (Å²) in [5, 5.41) is 17.2. The van der Waals surface area contributed by atoms with E-state index in [1.54, 1.807) is 4.57 Å². The number of hydrogen-bond acceptors (Lipinski definition) is 4. The molecular weight excluding hydrogens is 154 g/mol. The molecule has 0 fully saturated rings. The lowest BCUT2D eigenvalue weighted by molar-refractivity contribution is 0.700. The van der Waals surface area contributed by atoms with Gasteiger partial charge in [-0.15, -0.1) is 0 Å². The smallest absolute Gasteiger partial charge is 0.176 e. The summed E-state index contributed by atoms with van der Waals surface area (Å²) in [4.78, 5) is 3.75. The van der Waals surface area contributed by atoms with Gasteiger partial charge in [0.05, 0.1) is 6.33 Å². The van der Waals surface area contributed by atoms with Gasteiger partial charge in [-0.1, -0.05) is 0 Å². The fourth-order valence-corrected chi connectivity index (χ4v) is 0.890. The molecule has 0 unspecified atom stereocenters. The third kappa shape index (κ3) is 1.26. The molecule has 5 nitrogen and oxygen atoms in total. The van der Waals surface area contributed by atoms with Gasteiger partial charge in [0.2, 0.25) is 0 Å². The van der Waals surface area contributed by atoms with E-state index in [9.17, 15) is 0 Å². The average Bonchev–Trinajstić information content (AvgIpc) is 2.47. The molecule has 2 N–H and O–H groups in total. The Morgan fingerprint density at radius 1 is 1.50 bits per heavy atom. The lowest BCUT2D eigenvalue weighted by atomic mass is 10.3. The summed E-state index contributed by atoms with van der Waals surface area (Å²) in [7, 11) is 0. The first kappa shape index (κ1) is 8.25.